The van der Waals surface area contributed by atoms with Gasteiger partial charge in [0.05, 0.1) is 26.4 Å². The third kappa shape index (κ3) is 67.0. The van der Waals surface area contributed by atoms with E-state index in [-0.39, 0.29) is 25.7 Å². The zero-order valence-corrected chi connectivity index (χ0v) is 62.7. The lowest BCUT2D eigenvalue weighted by molar-refractivity contribution is -0.161. The predicted molar refractivity (Wildman–Crippen MR) is 377 cm³/mol. The van der Waals surface area contributed by atoms with E-state index in [4.69, 9.17) is 37.0 Å². The normalized spacial score (nSPS) is 14.5. The second-order valence-electron chi connectivity index (χ2n) is 28.4. The van der Waals surface area contributed by atoms with Crippen molar-refractivity contribution in [2.75, 3.05) is 39.6 Å². The maximum absolute atomic E-state index is 13.0. The van der Waals surface area contributed by atoms with Crippen LogP contribution in [0.4, 0.5) is 0 Å². The third-order valence-electron chi connectivity index (χ3n) is 17.4. The van der Waals surface area contributed by atoms with Crippen molar-refractivity contribution < 1.29 is 80.2 Å². The van der Waals surface area contributed by atoms with E-state index < -0.39 is 97.5 Å². The first-order valence-electron chi connectivity index (χ1n) is 38.2. The topological polar surface area (TPSA) is 237 Å². The molecule has 0 saturated heterocycles. The minimum Gasteiger partial charge on any atom is -0.462 e. The molecule has 3 unspecified atom stereocenters. The van der Waals surface area contributed by atoms with Gasteiger partial charge in [-0.05, 0) is 49.4 Å². The molecule has 0 aliphatic rings. The molecule has 0 aromatic rings. The number of hydrogen-bond donors (Lipinski definition) is 3. The Morgan fingerprint density at radius 3 is 0.763 bits per heavy atom. The SMILES string of the molecule is CCC(C)CCCCCCCCC(=O)O[C@H](COC(=O)CCCCCCCCCCCCCCCCCCCCC(C)C)COP(=O)(O)OC[C@@H](O)COP(=O)(O)OC[C@@H](COC(=O)CCCCCCCCC(C)C)OC(=O)CCCCCCCCCCCCC(C)C. The minimum absolute atomic E-state index is 0.103. The largest absolute Gasteiger partial charge is 0.472 e. The van der Waals surface area contributed by atoms with Crippen LogP contribution in [0.3, 0.4) is 0 Å². The van der Waals surface area contributed by atoms with Gasteiger partial charge < -0.3 is 33.8 Å². The van der Waals surface area contributed by atoms with Gasteiger partial charge in [-0.1, -0.05) is 319 Å². The van der Waals surface area contributed by atoms with Gasteiger partial charge in [0.15, 0.2) is 12.2 Å². The zero-order valence-electron chi connectivity index (χ0n) is 60.9. The van der Waals surface area contributed by atoms with Crippen LogP contribution in [0, 0.1) is 23.7 Å². The highest BCUT2D eigenvalue weighted by Crippen LogP contribution is 2.45. The molecule has 0 saturated carbocycles. The van der Waals surface area contributed by atoms with E-state index in [0.29, 0.717) is 31.6 Å². The first-order valence-corrected chi connectivity index (χ1v) is 41.2. The van der Waals surface area contributed by atoms with Crippen molar-refractivity contribution in [3.8, 4) is 0 Å². The Morgan fingerprint density at radius 2 is 0.516 bits per heavy atom. The van der Waals surface area contributed by atoms with Gasteiger partial charge in [0.1, 0.15) is 19.3 Å². The summed E-state index contributed by atoms with van der Waals surface area (Å²) in [4.78, 5) is 72.6. The Labute approximate surface area is 568 Å². The summed E-state index contributed by atoms with van der Waals surface area (Å²) in [6.07, 6.45) is 47.6. The van der Waals surface area contributed by atoms with Gasteiger partial charge in [0.25, 0.3) is 0 Å². The number of rotatable bonds is 71. The van der Waals surface area contributed by atoms with E-state index in [1.807, 2.05) is 0 Å². The summed E-state index contributed by atoms with van der Waals surface area (Å²) in [6, 6.07) is 0. The highest BCUT2D eigenvalue weighted by Gasteiger charge is 2.30. The lowest BCUT2D eigenvalue weighted by Gasteiger charge is -2.21. The van der Waals surface area contributed by atoms with Gasteiger partial charge in [-0.2, -0.15) is 0 Å². The molecule has 3 N–H and O–H groups in total. The van der Waals surface area contributed by atoms with Gasteiger partial charge in [-0.3, -0.25) is 37.3 Å². The van der Waals surface area contributed by atoms with Crippen LogP contribution >= 0.6 is 15.6 Å². The molecular weight excluding hydrogens is 1220 g/mol. The maximum Gasteiger partial charge on any atom is 0.472 e. The molecule has 0 amide bonds. The van der Waals surface area contributed by atoms with Crippen molar-refractivity contribution in [3.63, 3.8) is 0 Å². The van der Waals surface area contributed by atoms with Crippen LogP contribution in [-0.4, -0.2) is 96.7 Å². The van der Waals surface area contributed by atoms with Crippen LogP contribution in [0.1, 0.15) is 370 Å². The molecule has 0 heterocycles. The number of hydrogen-bond acceptors (Lipinski definition) is 15. The third-order valence-corrected chi connectivity index (χ3v) is 19.3. The molecular formula is C74H144O17P2. The zero-order chi connectivity index (χ0) is 68.9. The predicted octanol–water partition coefficient (Wildman–Crippen LogP) is 21.3. The molecule has 0 fully saturated rings. The first kappa shape index (κ1) is 91.1. The summed E-state index contributed by atoms with van der Waals surface area (Å²) < 4.78 is 68.3. The highest BCUT2D eigenvalue weighted by atomic mass is 31.2. The fourth-order valence-corrected chi connectivity index (χ4v) is 12.7. The lowest BCUT2D eigenvalue weighted by atomic mass is 10.00. The quantitative estimate of drug-likeness (QED) is 0.0222. The van der Waals surface area contributed by atoms with E-state index in [0.717, 1.165) is 114 Å². The molecule has 93 heavy (non-hydrogen) atoms. The summed E-state index contributed by atoms with van der Waals surface area (Å²) in [7, 11) is -9.91. The van der Waals surface area contributed by atoms with Gasteiger partial charge >= 0.3 is 39.5 Å². The molecule has 0 spiro atoms. The van der Waals surface area contributed by atoms with Crippen LogP contribution in [-0.2, 0) is 65.4 Å². The van der Waals surface area contributed by atoms with Crippen molar-refractivity contribution in [1.82, 2.24) is 0 Å². The summed E-state index contributed by atoms with van der Waals surface area (Å²) in [5.41, 5.74) is 0. The van der Waals surface area contributed by atoms with Crippen LogP contribution < -0.4 is 0 Å². The van der Waals surface area contributed by atoms with Crippen molar-refractivity contribution in [2.24, 2.45) is 23.7 Å². The molecule has 552 valence electrons. The highest BCUT2D eigenvalue weighted by molar-refractivity contribution is 7.47. The number of carbonyl (C=O) groups is 4. The van der Waals surface area contributed by atoms with Crippen molar-refractivity contribution >= 4 is 39.5 Å². The summed E-state index contributed by atoms with van der Waals surface area (Å²) in [5.74, 6) is 0.845. The number of aliphatic hydroxyl groups is 1. The smallest absolute Gasteiger partial charge is 0.462 e. The van der Waals surface area contributed by atoms with E-state index in [1.54, 1.807) is 0 Å². The average Bonchev–Trinajstić information content (AvgIpc) is 2.15. The molecule has 0 bridgehead atoms. The molecule has 0 aliphatic carbocycles. The fraction of sp³-hybridized carbons (Fsp3) is 0.946. The molecule has 0 aliphatic heterocycles. The standard InChI is InChI=1S/C74H144O17P2/c1-9-67(8)53-45-37-31-33-41-49-57-74(79)91-70(60-84-71(76)54-46-38-28-24-19-17-15-13-11-10-12-14-16-18-22-26-34-42-50-64(2)3)63-89-93(82,83)87-59-68(75)58-86-92(80,81)88-62-69(61-85-72(77)55-47-39-32-30-36-44-52-66(6)7)90-73(78)56-48-40-29-25-21-20-23-27-35-43-51-65(4)5/h64-70,75H,9-63H2,1-8H3,(H,80,81)(H,82,83)/t67?,68-,69+,70+/m0/s1. The number of esters is 4. The minimum atomic E-state index is -4.95. The van der Waals surface area contributed by atoms with Crippen molar-refractivity contribution in [3.05, 3.63) is 0 Å². The van der Waals surface area contributed by atoms with Gasteiger partial charge in [0, 0.05) is 25.7 Å². The maximum atomic E-state index is 13.0. The molecule has 19 heteroatoms. The van der Waals surface area contributed by atoms with Gasteiger partial charge in [-0.25, -0.2) is 9.13 Å². The van der Waals surface area contributed by atoms with E-state index >= 15 is 0 Å². The van der Waals surface area contributed by atoms with Crippen molar-refractivity contribution in [1.29, 1.82) is 0 Å². The number of phosphoric ester groups is 2. The molecule has 17 nitrogen and oxygen atoms in total. The molecule has 6 atom stereocenters. The second-order valence-corrected chi connectivity index (χ2v) is 31.3. The van der Waals surface area contributed by atoms with Crippen molar-refractivity contribution in [2.45, 2.75) is 388 Å². The number of ether oxygens (including phenoxy) is 4. The monoisotopic (exact) mass is 1370 g/mol. The Hall–Kier alpha value is -1.94. The first-order chi connectivity index (χ1) is 44.6. The number of unbranched alkanes of at least 4 members (excludes halogenated alkanes) is 36. The lowest BCUT2D eigenvalue weighted by Crippen LogP contribution is -2.30. The van der Waals surface area contributed by atoms with Crippen LogP contribution in [0.15, 0.2) is 0 Å². The molecule has 0 rings (SSSR count). The molecule has 0 aromatic heterocycles. The summed E-state index contributed by atoms with van der Waals surface area (Å²) in [6.45, 7) is 14.1. The Balaban J connectivity index is 5.13. The Bertz CT molecular complexity index is 1840. The Morgan fingerprint density at radius 1 is 0.301 bits per heavy atom. The van der Waals surface area contributed by atoms with Gasteiger partial charge in [0.2, 0.25) is 0 Å². The van der Waals surface area contributed by atoms with Crippen LogP contribution in [0.5, 0.6) is 0 Å². The van der Waals surface area contributed by atoms with E-state index in [9.17, 15) is 43.2 Å². The van der Waals surface area contributed by atoms with E-state index in [2.05, 4.69) is 55.4 Å². The Kier molecular flexibility index (Phi) is 62.2. The second kappa shape index (κ2) is 63.5. The average molecular weight is 1370 g/mol. The number of phosphoric acid groups is 2. The van der Waals surface area contributed by atoms with Crippen LogP contribution in [0.25, 0.3) is 0 Å². The van der Waals surface area contributed by atoms with Gasteiger partial charge in [-0.15, -0.1) is 0 Å². The van der Waals surface area contributed by atoms with Crippen LogP contribution in [0.2, 0.25) is 0 Å². The number of carbonyl (C=O) groups excluding carboxylic acids is 4. The fourth-order valence-electron chi connectivity index (χ4n) is 11.2. The van der Waals surface area contributed by atoms with E-state index in [1.165, 1.54) is 167 Å². The summed E-state index contributed by atoms with van der Waals surface area (Å²) >= 11 is 0. The summed E-state index contributed by atoms with van der Waals surface area (Å²) in [5, 5.41) is 10.6. The number of aliphatic hydroxyl groups excluding tert-OH is 1. The molecule has 0 aromatic carbocycles. The molecule has 0 radical (unpaired) electrons.